The number of hydrogen-bond donors (Lipinski definition) is 1. The molecule has 4 heteroatoms. The van der Waals surface area contributed by atoms with Crippen LogP contribution >= 0.6 is 0 Å². The lowest BCUT2D eigenvalue weighted by Crippen LogP contribution is -2.40. The molecule has 0 spiro atoms. The molecule has 1 heterocycles. The molecule has 2 atom stereocenters. The van der Waals surface area contributed by atoms with E-state index in [1.54, 1.807) is 6.07 Å². The van der Waals surface area contributed by atoms with Gasteiger partial charge in [-0.05, 0) is 43.9 Å². The topological polar surface area (TPSA) is 38.5 Å². The van der Waals surface area contributed by atoms with Crippen molar-refractivity contribution in [2.75, 3.05) is 24.6 Å². The Labute approximate surface area is 120 Å². The lowest BCUT2D eigenvalue weighted by molar-refractivity contribution is 0.0439. The van der Waals surface area contributed by atoms with Crippen LogP contribution in [-0.2, 0) is 4.74 Å². The molecule has 0 radical (unpaired) electrons. The Balaban J connectivity index is 2.06. The van der Waals surface area contributed by atoms with Crippen LogP contribution in [0.1, 0.15) is 44.7 Å². The van der Waals surface area contributed by atoms with E-state index in [-0.39, 0.29) is 18.0 Å². The lowest BCUT2D eigenvalue weighted by atomic mass is 10.0. The van der Waals surface area contributed by atoms with Crippen LogP contribution in [0.2, 0.25) is 0 Å². The third-order valence-corrected chi connectivity index (χ3v) is 3.77. The van der Waals surface area contributed by atoms with Crippen LogP contribution in [-0.4, -0.2) is 25.8 Å². The van der Waals surface area contributed by atoms with Gasteiger partial charge in [-0.15, -0.1) is 0 Å². The third kappa shape index (κ3) is 3.70. The molecular weight excluding hydrogens is 255 g/mol. The van der Waals surface area contributed by atoms with Crippen LogP contribution in [0, 0.1) is 5.82 Å². The van der Waals surface area contributed by atoms with Crippen LogP contribution in [0.5, 0.6) is 0 Å². The Kier molecular flexibility index (Phi) is 5.38. The minimum Gasteiger partial charge on any atom is -0.376 e. The minimum absolute atomic E-state index is 0.138. The van der Waals surface area contributed by atoms with Crippen LogP contribution in [0.15, 0.2) is 18.2 Å². The van der Waals surface area contributed by atoms with Gasteiger partial charge in [-0.1, -0.05) is 13.0 Å². The third-order valence-electron chi connectivity index (χ3n) is 3.77. The van der Waals surface area contributed by atoms with Gasteiger partial charge in [-0.2, -0.15) is 0 Å². The average Bonchev–Trinajstić information content (AvgIpc) is 2.45. The first kappa shape index (κ1) is 15.3. The highest BCUT2D eigenvalue weighted by Crippen LogP contribution is 2.26. The predicted molar refractivity (Wildman–Crippen MR) is 80.5 cm³/mol. The summed E-state index contributed by atoms with van der Waals surface area (Å²) in [6, 6.07) is 5.17. The van der Waals surface area contributed by atoms with Gasteiger partial charge in [-0.3, -0.25) is 0 Å². The zero-order valence-corrected chi connectivity index (χ0v) is 12.4. The number of rotatable bonds is 5. The van der Waals surface area contributed by atoms with E-state index in [0.717, 1.165) is 44.5 Å². The minimum atomic E-state index is -0.184. The van der Waals surface area contributed by atoms with Crippen molar-refractivity contribution in [2.45, 2.75) is 45.3 Å². The summed E-state index contributed by atoms with van der Waals surface area (Å²) in [5.41, 5.74) is 7.29. The Bertz CT molecular complexity index is 436. The summed E-state index contributed by atoms with van der Waals surface area (Å²) in [4.78, 5) is 2.09. The van der Waals surface area contributed by atoms with E-state index in [4.69, 9.17) is 10.5 Å². The molecule has 2 rings (SSSR count). The second-order valence-corrected chi connectivity index (χ2v) is 5.58. The van der Waals surface area contributed by atoms with Crippen molar-refractivity contribution >= 4 is 5.69 Å². The maximum absolute atomic E-state index is 14.2. The second kappa shape index (κ2) is 7.04. The number of ether oxygens (including phenoxy) is 1. The number of hydrogen-bond acceptors (Lipinski definition) is 3. The summed E-state index contributed by atoms with van der Waals surface area (Å²) in [6.45, 7) is 6.41. The zero-order valence-electron chi connectivity index (χ0n) is 12.4. The van der Waals surface area contributed by atoms with E-state index in [1.807, 2.05) is 19.1 Å². The van der Waals surface area contributed by atoms with Crippen molar-refractivity contribution in [1.82, 2.24) is 0 Å². The average molecular weight is 280 g/mol. The molecule has 1 aliphatic rings. The Morgan fingerprint density at radius 3 is 2.95 bits per heavy atom. The number of piperidine rings is 1. The molecule has 20 heavy (non-hydrogen) atoms. The van der Waals surface area contributed by atoms with E-state index >= 15 is 0 Å². The standard InChI is InChI=1S/C16H25FN2O/c1-3-9-20-14-5-4-8-19(11-14)16-7-6-13(12(2)18)10-15(16)17/h6-7,10,12,14H,3-5,8-9,11,18H2,1-2H3. The fourth-order valence-electron chi connectivity index (χ4n) is 2.64. The van der Waals surface area contributed by atoms with Gasteiger partial charge in [0.2, 0.25) is 0 Å². The predicted octanol–water partition coefficient (Wildman–Crippen LogP) is 3.24. The summed E-state index contributed by atoms with van der Waals surface area (Å²) in [7, 11) is 0. The normalized spacial score (nSPS) is 21.0. The highest BCUT2D eigenvalue weighted by Gasteiger charge is 2.22. The van der Waals surface area contributed by atoms with Crippen LogP contribution < -0.4 is 10.6 Å². The molecule has 2 N–H and O–H groups in total. The van der Waals surface area contributed by atoms with Gasteiger partial charge in [0.1, 0.15) is 5.82 Å². The van der Waals surface area contributed by atoms with E-state index in [2.05, 4.69) is 11.8 Å². The summed E-state index contributed by atoms with van der Waals surface area (Å²) >= 11 is 0. The van der Waals surface area contributed by atoms with Crippen LogP contribution in [0.3, 0.4) is 0 Å². The number of anilines is 1. The first-order chi connectivity index (χ1) is 9.61. The molecule has 0 bridgehead atoms. The van der Waals surface area contributed by atoms with Gasteiger partial charge in [0.15, 0.2) is 0 Å². The van der Waals surface area contributed by atoms with E-state index in [1.165, 1.54) is 0 Å². The summed E-state index contributed by atoms with van der Waals surface area (Å²) < 4.78 is 20.0. The van der Waals surface area contributed by atoms with Gasteiger partial charge >= 0.3 is 0 Å². The Hall–Kier alpha value is -1.13. The van der Waals surface area contributed by atoms with Crippen LogP contribution in [0.4, 0.5) is 10.1 Å². The fraction of sp³-hybridized carbons (Fsp3) is 0.625. The van der Waals surface area contributed by atoms with Gasteiger partial charge in [0.05, 0.1) is 11.8 Å². The van der Waals surface area contributed by atoms with Crippen molar-refractivity contribution < 1.29 is 9.13 Å². The SMILES string of the molecule is CCCOC1CCCN(c2ccc(C(C)N)cc2F)C1. The molecule has 0 aliphatic carbocycles. The lowest BCUT2D eigenvalue weighted by Gasteiger charge is -2.34. The van der Waals surface area contributed by atoms with Crippen molar-refractivity contribution in [2.24, 2.45) is 5.73 Å². The van der Waals surface area contributed by atoms with E-state index in [9.17, 15) is 4.39 Å². The largest absolute Gasteiger partial charge is 0.376 e. The molecule has 0 saturated carbocycles. The summed E-state index contributed by atoms with van der Waals surface area (Å²) in [5.74, 6) is -0.184. The van der Waals surface area contributed by atoms with E-state index in [0.29, 0.717) is 5.69 Å². The fourth-order valence-corrected chi connectivity index (χ4v) is 2.64. The van der Waals surface area contributed by atoms with Crippen molar-refractivity contribution in [3.63, 3.8) is 0 Å². The molecule has 112 valence electrons. The number of nitrogens with two attached hydrogens (primary N) is 1. The van der Waals surface area contributed by atoms with Gasteiger partial charge in [-0.25, -0.2) is 4.39 Å². The number of nitrogens with zero attached hydrogens (tertiary/aromatic N) is 1. The Morgan fingerprint density at radius 2 is 2.30 bits per heavy atom. The monoisotopic (exact) mass is 280 g/mol. The molecule has 1 aromatic carbocycles. The molecule has 2 unspecified atom stereocenters. The molecule has 1 saturated heterocycles. The molecule has 1 aliphatic heterocycles. The van der Waals surface area contributed by atoms with Gasteiger partial charge in [0.25, 0.3) is 0 Å². The molecule has 3 nitrogen and oxygen atoms in total. The van der Waals surface area contributed by atoms with Gasteiger partial charge in [0, 0.05) is 25.7 Å². The molecule has 0 amide bonds. The molecule has 1 aromatic rings. The number of halogens is 1. The van der Waals surface area contributed by atoms with Gasteiger partial charge < -0.3 is 15.4 Å². The van der Waals surface area contributed by atoms with Crippen molar-refractivity contribution in [1.29, 1.82) is 0 Å². The second-order valence-electron chi connectivity index (χ2n) is 5.58. The quantitative estimate of drug-likeness (QED) is 0.900. The van der Waals surface area contributed by atoms with Crippen molar-refractivity contribution in [3.05, 3.63) is 29.6 Å². The Morgan fingerprint density at radius 1 is 1.50 bits per heavy atom. The summed E-state index contributed by atoms with van der Waals surface area (Å²) in [5, 5.41) is 0. The highest BCUT2D eigenvalue weighted by molar-refractivity contribution is 5.50. The first-order valence-electron chi connectivity index (χ1n) is 7.53. The van der Waals surface area contributed by atoms with E-state index < -0.39 is 0 Å². The maximum Gasteiger partial charge on any atom is 0.146 e. The first-order valence-corrected chi connectivity index (χ1v) is 7.53. The molecular formula is C16H25FN2O. The van der Waals surface area contributed by atoms with Crippen LogP contribution in [0.25, 0.3) is 0 Å². The molecule has 1 fully saturated rings. The number of benzene rings is 1. The smallest absolute Gasteiger partial charge is 0.146 e. The highest BCUT2D eigenvalue weighted by atomic mass is 19.1. The maximum atomic E-state index is 14.2. The van der Waals surface area contributed by atoms with Crippen molar-refractivity contribution in [3.8, 4) is 0 Å². The summed E-state index contributed by atoms with van der Waals surface area (Å²) in [6.07, 6.45) is 3.35. The zero-order chi connectivity index (χ0) is 14.5. The molecule has 0 aromatic heterocycles.